The Morgan fingerprint density at radius 3 is 2.71 bits per heavy atom. The number of aromatic nitrogens is 1. The van der Waals surface area contributed by atoms with Gasteiger partial charge in [0.05, 0.1) is 20.7 Å². The number of nitrogens with zero attached hydrogens (tertiary/aromatic N) is 3. The number of halogens is 2. The van der Waals surface area contributed by atoms with Gasteiger partial charge in [0.2, 0.25) is 0 Å². The topological polar surface area (TPSA) is 71.3 Å². The van der Waals surface area contributed by atoms with Crippen molar-refractivity contribution in [1.29, 1.82) is 0 Å². The Morgan fingerprint density at radius 2 is 2.08 bits per heavy atom. The van der Waals surface area contributed by atoms with E-state index < -0.39 is 4.92 Å². The van der Waals surface area contributed by atoms with E-state index in [0.717, 1.165) is 31.9 Å². The standard InChI is InChI=1S/C16H16Cl2N4O2/c17-13-7-12(22(23)24)8-14(18)16(13)21-6-4-11(10-21)9-20-15-3-1-2-5-19-15/h1-3,5,7-8,11H,4,6,9-10H2,(H,19,20). The van der Waals surface area contributed by atoms with Crippen LogP contribution in [0.15, 0.2) is 36.5 Å². The van der Waals surface area contributed by atoms with Gasteiger partial charge in [-0.2, -0.15) is 0 Å². The lowest BCUT2D eigenvalue weighted by Gasteiger charge is -2.21. The fourth-order valence-electron chi connectivity index (χ4n) is 2.88. The fraction of sp³-hybridized carbons (Fsp3) is 0.312. The number of benzene rings is 1. The SMILES string of the molecule is O=[N+]([O-])c1cc(Cl)c(N2CCC(CNc3ccccn3)C2)c(Cl)c1. The van der Waals surface area contributed by atoms with E-state index in [1.165, 1.54) is 12.1 Å². The third-order valence-corrected chi connectivity index (χ3v) is 4.63. The number of nitro groups is 1. The molecular formula is C16H16Cl2N4O2. The first-order chi connectivity index (χ1) is 11.5. The lowest BCUT2D eigenvalue weighted by molar-refractivity contribution is -0.384. The van der Waals surface area contributed by atoms with Crippen LogP contribution >= 0.6 is 23.2 Å². The molecule has 24 heavy (non-hydrogen) atoms. The maximum Gasteiger partial charge on any atom is 0.272 e. The predicted molar refractivity (Wildman–Crippen MR) is 96.2 cm³/mol. The first-order valence-corrected chi connectivity index (χ1v) is 8.33. The van der Waals surface area contributed by atoms with Gasteiger partial charge in [-0.25, -0.2) is 4.98 Å². The molecular weight excluding hydrogens is 351 g/mol. The fourth-order valence-corrected chi connectivity index (χ4v) is 3.59. The molecule has 1 fully saturated rings. The number of rotatable bonds is 5. The van der Waals surface area contributed by atoms with Gasteiger partial charge in [-0.1, -0.05) is 29.3 Å². The van der Waals surface area contributed by atoms with Crippen LogP contribution in [0.3, 0.4) is 0 Å². The van der Waals surface area contributed by atoms with Crippen molar-refractivity contribution in [3.63, 3.8) is 0 Å². The first-order valence-electron chi connectivity index (χ1n) is 7.58. The summed E-state index contributed by atoms with van der Waals surface area (Å²) in [5.41, 5.74) is 0.575. The van der Waals surface area contributed by atoms with Gasteiger partial charge in [-0.05, 0) is 24.5 Å². The van der Waals surface area contributed by atoms with Crippen LogP contribution in [-0.2, 0) is 0 Å². The zero-order valence-corrected chi connectivity index (χ0v) is 14.3. The van der Waals surface area contributed by atoms with Crippen LogP contribution in [0.2, 0.25) is 10.0 Å². The maximum absolute atomic E-state index is 10.9. The molecule has 1 aliphatic rings. The molecule has 2 heterocycles. The minimum absolute atomic E-state index is 0.0960. The van der Waals surface area contributed by atoms with Crippen LogP contribution in [0.4, 0.5) is 17.2 Å². The Kier molecular flexibility index (Phi) is 5.06. The lowest BCUT2D eigenvalue weighted by Crippen LogP contribution is -2.23. The van der Waals surface area contributed by atoms with E-state index in [0.29, 0.717) is 21.7 Å². The molecule has 0 bridgehead atoms. The quantitative estimate of drug-likeness (QED) is 0.632. The van der Waals surface area contributed by atoms with Gasteiger partial charge in [0.15, 0.2) is 0 Å². The molecule has 1 aromatic carbocycles. The molecule has 8 heteroatoms. The second-order valence-electron chi connectivity index (χ2n) is 5.71. The highest BCUT2D eigenvalue weighted by atomic mass is 35.5. The number of non-ortho nitro benzene ring substituents is 1. The lowest BCUT2D eigenvalue weighted by atomic mass is 10.1. The highest BCUT2D eigenvalue weighted by molar-refractivity contribution is 6.39. The highest BCUT2D eigenvalue weighted by Gasteiger charge is 2.27. The molecule has 0 amide bonds. The van der Waals surface area contributed by atoms with Gasteiger partial charge in [-0.3, -0.25) is 10.1 Å². The average Bonchev–Trinajstić information content (AvgIpc) is 3.01. The molecule has 0 aliphatic carbocycles. The smallest absolute Gasteiger partial charge is 0.272 e. The molecule has 126 valence electrons. The summed E-state index contributed by atoms with van der Waals surface area (Å²) in [6, 6.07) is 8.44. The maximum atomic E-state index is 10.9. The van der Waals surface area contributed by atoms with Crippen LogP contribution in [0, 0.1) is 16.0 Å². The average molecular weight is 367 g/mol. The second kappa shape index (κ2) is 7.23. The van der Waals surface area contributed by atoms with Crippen molar-refractivity contribution < 1.29 is 4.92 Å². The zero-order chi connectivity index (χ0) is 17.1. The van der Waals surface area contributed by atoms with Crippen molar-refractivity contribution in [3.8, 4) is 0 Å². The molecule has 0 saturated carbocycles. The molecule has 6 nitrogen and oxygen atoms in total. The van der Waals surface area contributed by atoms with E-state index in [4.69, 9.17) is 23.2 Å². The first kappa shape index (κ1) is 16.8. The van der Waals surface area contributed by atoms with Crippen molar-refractivity contribution in [2.45, 2.75) is 6.42 Å². The number of nitro benzene ring substituents is 1. The van der Waals surface area contributed by atoms with Crippen molar-refractivity contribution in [1.82, 2.24) is 4.98 Å². The number of anilines is 2. The Hall–Kier alpha value is -2.05. The van der Waals surface area contributed by atoms with Crippen LogP contribution in [0.1, 0.15) is 6.42 Å². The van der Waals surface area contributed by atoms with E-state index >= 15 is 0 Å². The van der Waals surface area contributed by atoms with Crippen LogP contribution < -0.4 is 10.2 Å². The largest absolute Gasteiger partial charge is 0.370 e. The van der Waals surface area contributed by atoms with E-state index in [2.05, 4.69) is 15.2 Å². The number of pyridine rings is 1. The third kappa shape index (κ3) is 3.71. The normalized spacial score (nSPS) is 17.1. The Bertz CT molecular complexity index is 719. The van der Waals surface area contributed by atoms with Gasteiger partial charge >= 0.3 is 0 Å². The van der Waals surface area contributed by atoms with Gasteiger partial charge in [0.25, 0.3) is 5.69 Å². The molecule has 0 radical (unpaired) electrons. The summed E-state index contributed by atoms with van der Waals surface area (Å²) in [5.74, 6) is 1.27. The summed E-state index contributed by atoms with van der Waals surface area (Å²) in [4.78, 5) is 16.7. The summed E-state index contributed by atoms with van der Waals surface area (Å²) >= 11 is 12.4. The van der Waals surface area contributed by atoms with Crippen LogP contribution in [0.5, 0.6) is 0 Å². The predicted octanol–water partition coefficient (Wildman–Crippen LogP) is 4.24. The number of hydrogen-bond acceptors (Lipinski definition) is 5. The molecule has 1 N–H and O–H groups in total. The number of nitrogens with one attached hydrogen (secondary N) is 1. The van der Waals surface area contributed by atoms with E-state index in [1.807, 2.05) is 18.2 Å². The highest BCUT2D eigenvalue weighted by Crippen LogP contribution is 2.39. The minimum atomic E-state index is -0.495. The summed E-state index contributed by atoms with van der Waals surface area (Å²) in [7, 11) is 0. The Morgan fingerprint density at radius 1 is 1.33 bits per heavy atom. The van der Waals surface area contributed by atoms with Gasteiger partial charge in [0, 0.05) is 38.0 Å². The molecule has 1 atom stereocenters. The van der Waals surface area contributed by atoms with Crippen molar-refractivity contribution >= 4 is 40.4 Å². The molecule has 1 unspecified atom stereocenters. The van der Waals surface area contributed by atoms with Gasteiger partial charge in [0.1, 0.15) is 5.82 Å². The molecule has 2 aromatic rings. The summed E-state index contributed by atoms with van der Waals surface area (Å²) in [6.07, 6.45) is 2.74. The third-order valence-electron chi connectivity index (χ3n) is 4.05. The van der Waals surface area contributed by atoms with E-state index in [-0.39, 0.29) is 5.69 Å². The van der Waals surface area contributed by atoms with E-state index in [1.54, 1.807) is 6.20 Å². The molecule has 1 saturated heterocycles. The van der Waals surface area contributed by atoms with Gasteiger partial charge in [-0.15, -0.1) is 0 Å². The van der Waals surface area contributed by atoms with Crippen molar-refractivity contribution in [2.75, 3.05) is 29.9 Å². The van der Waals surface area contributed by atoms with Gasteiger partial charge < -0.3 is 10.2 Å². The molecule has 1 aliphatic heterocycles. The van der Waals surface area contributed by atoms with Crippen LogP contribution in [-0.4, -0.2) is 29.5 Å². The van der Waals surface area contributed by atoms with E-state index in [9.17, 15) is 10.1 Å². The summed E-state index contributed by atoms with van der Waals surface area (Å²) < 4.78 is 0. The zero-order valence-electron chi connectivity index (χ0n) is 12.8. The summed E-state index contributed by atoms with van der Waals surface area (Å²) in [5, 5.41) is 14.8. The summed E-state index contributed by atoms with van der Waals surface area (Å²) in [6.45, 7) is 2.40. The Balaban J connectivity index is 1.66. The second-order valence-corrected chi connectivity index (χ2v) is 6.53. The molecule has 0 spiro atoms. The van der Waals surface area contributed by atoms with Crippen molar-refractivity contribution in [3.05, 3.63) is 56.7 Å². The Labute approximate surface area is 149 Å². The minimum Gasteiger partial charge on any atom is -0.370 e. The molecule has 3 rings (SSSR count). The molecule has 1 aromatic heterocycles. The van der Waals surface area contributed by atoms with Crippen molar-refractivity contribution in [2.24, 2.45) is 5.92 Å². The number of hydrogen-bond donors (Lipinski definition) is 1. The monoisotopic (exact) mass is 366 g/mol. The van der Waals surface area contributed by atoms with Crippen LogP contribution in [0.25, 0.3) is 0 Å².